The Morgan fingerprint density at radius 2 is 1.76 bits per heavy atom. The first kappa shape index (κ1) is 27.1. The van der Waals surface area contributed by atoms with E-state index in [1.165, 1.54) is 26.2 Å². The zero-order valence-corrected chi connectivity index (χ0v) is 21.4. The van der Waals surface area contributed by atoms with E-state index < -0.39 is 16.1 Å². The van der Waals surface area contributed by atoms with Crippen LogP contribution >= 0.6 is 0 Å². The quantitative estimate of drug-likeness (QED) is 0.521. The number of nitrogens with zero attached hydrogens (tertiary/aromatic N) is 2. The first-order valence-electron chi connectivity index (χ1n) is 11.2. The summed E-state index contributed by atoms with van der Waals surface area (Å²) in [6.07, 6.45) is 1.12. The number of likely N-dealkylation sites (tertiary alicyclic amines) is 1. The van der Waals surface area contributed by atoms with Gasteiger partial charge in [-0.15, -0.1) is 0 Å². The fourth-order valence-corrected chi connectivity index (χ4v) is 5.32. The van der Waals surface area contributed by atoms with Crippen LogP contribution in [0, 0.1) is 11.3 Å². The fraction of sp³-hybridized carbons (Fsp3) is 0.652. The number of amides is 2. The lowest BCUT2D eigenvalue weighted by Gasteiger charge is -2.34. The number of methoxy groups -OCH3 is 1. The third-order valence-corrected chi connectivity index (χ3v) is 7.29. The molecule has 1 aromatic rings. The zero-order chi connectivity index (χ0) is 24.8. The van der Waals surface area contributed by atoms with Gasteiger partial charge in [0.2, 0.25) is 21.8 Å². The summed E-state index contributed by atoms with van der Waals surface area (Å²) in [5, 5.41) is 3.05. The molecule has 1 aliphatic heterocycles. The average molecular weight is 483 g/mol. The molecule has 1 heterocycles. The molecule has 2 rings (SSSR count). The summed E-state index contributed by atoms with van der Waals surface area (Å²) >= 11 is 0. The van der Waals surface area contributed by atoms with Gasteiger partial charge in [0.25, 0.3) is 0 Å². The Morgan fingerprint density at radius 3 is 2.27 bits per heavy atom. The molecule has 0 bridgehead atoms. The Bertz CT molecular complexity index is 907. The molecule has 1 saturated heterocycles. The van der Waals surface area contributed by atoms with Crippen molar-refractivity contribution in [2.24, 2.45) is 11.3 Å². The number of hydrogen-bond acceptors (Lipinski definition) is 6. The molecule has 0 unspecified atom stereocenters. The SMILES string of the molecule is COc1ccc(S(=O)(=O)N[C@@H](C)C(=O)N2CCC(C(=O)NCC(C)(C)CN(C)C)CC2)cc1. The lowest BCUT2D eigenvalue weighted by molar-refractivity contribution is -0.136. The maximum Gasteiger partial charge on any atom is 0.241 e. The van der Waals surface area contributed by atoms with Gasteiger partial charge in [-0.1, -0.05) is 13.8 Å². The summed E-state index contributed by atoms with van der Waals surface area (Å²) in [6, 6.07) is 5.07. The summed E-state index contributed by atoms with van der Waals surface area (Å²) in [5.41, 5.74) is -0.0354. The predicted octanol–water partition coefficient (Wildman–Crippen LogP) is 1.30. The first-order valence-corrected chi connectivity index (χ1v) is 12.7. The van der Waals surface area contributed by atoms with Crippen LogP contribution in [0.5, 0.6) is 5.75 Å². The van der Waals surface area contributed by atoms with Crippen LogP contribution in [0.25, 0.3) is 0 Å². The summed E-state index contributed by atoms with van der Waals surface area (Å²) in [6.45, 7) is 8.07. The largest absolute Gasteiger partial charge is 0.497 e. The number of sulfonamides is 1. The lowest BCUT2D eigenvalue weighted by atomic mass is 9.91. The van der Waals surface area contributed by atoms with Gasteiger partial charge >= 0.3 is 0 Å². The van der Waals surface area contributed by atoms with Crippen LogP contribution < -0.4 is 14.8 Å². The number of benzene rings is 1. The van der Waals surface area contributed by atoms with Crippen LogP contribution in [0.4, 0.5) is 0 Å². The molecule has 0 radical (unpaired) electrons. The molecule has 186 valence electrons. The maximum atomic E-state index is 12.8. The van der Waals surface area contributed by atoms with Crippen LogP contribution in [-0.2, 0) is 19.6 Å². The Hall–Kier alpha value is -2.17. The highest BCUT2D eigenvalue weighted by Crippen LogP contribution is 2.21. The molecule has 10 heteroatoms. The topological polar surface area (TPSA) is 108 Å². The minimum absolute atomic E-state index is 0.0159. The lowest BCUT2D eigenvalue weighted by Crippen LogP contribution is -2.51. The van der Waals surface area contributed by atoms with E-state index in [1.807, 2.05) is 14.1 Å². The highest BCUT2D eigenvalue weighted by molar-refractivity contribution is 7.89. The van der Waals surface area contributed by atoms with E-state index in [0.29, 0.717) is 38.2 Å². The monoisotopic (exact) mass is 482 g/mol. The normalized spacial score (nSPS) is 16.5. The zero-order valence-electron chi connectivity index (χ0n) is 20.6. The standard InChI is InChI=1S/C23H38N4O5S/c1-17(25-33(30,31)20-9-7-19(32-6)8-10-20)22(29)27-13-11-18(12-14-27)21(28)24-15-23(2,3)16-26(4)5/h7-10,17-18,25H,11-16H2,1-6H3,(H,24,28)/t17-/m0/s1. The van der Waals surface area contributed by atoms with E-state index in [1.54, 1.807) is 17.0 Å². The van der Waals surface area contributed by atoms with Crippen LogP contribution in [0.15, 0.2) is 29.2 Å². The molecule has 0 aromatic heterocycles. The second-order valence-electron chi connectivity index (χ2n) is 9.74. The van der Waals surface area contributed by atoms with Gasteiger partial charge in [0.1, 0.15) is 5.75 Å². The molecule has 33 heavy (non-hydrogen) atoms. The third kappa shape index (κ3) is 7.97. The molecular formula is C23H38N4O5S. The van der Waals surface area contributed by atoms with Crippen molar-refractivity contribution in [1.82, 2.24) is 19.8 Å². The highest BCUT2D eigenvalue weighted by atomic mass is 32.2. The van der Waals surface area contributed by atoms with Gasteiger partial charge in [-0.2, -0.15) is 4.72 Å². The van der Waals surface area contributed by atoms with Crippen molar-refractivity contribution in [3.8, 4) is 5.75 Å². The van der Waals surface area contributed by atoms with E-state index in [2.05, 4.69) is 28.8 Å². The van der Waals surface area contributed by atoms with Gasteiger partial charge in [-0.05, 0) is 63.5 Å². The summed E-state index contributed by atoms with van der Waals surface area (Å²) in [5.74, 6) is 0.127. The molecule has 1 fully saturated rings. The molecule has 1 aliphatic rings. The molecule has 2 amide bonds. The molecule has 0 saturated carbocycles. The number of carbonyl (C=O) groups is 2. The molecule has 0 spiro atoms. The van der Waals surface area contributed by atoms with Crippen molar-refractivity contribution in [3.63, 3.8) is 0 Å². The van der Waals surface area contributed by atoms with Crippen molar-refractivity contribution in [1.29, 1.82) is 0 Å². The summed E-state index contributed by atoms with van der Waals surface area (Å²) < 4.78 is 32.7. The number of nitrogens with one attached hydrogen (secondary N) is 2. The van der Waals surface area contributed by atoms with Crippen LogP contribution in [0.1, 0.15) is 33.6 Å². The Kier molecular flexibility index (Phi) is 9.28. The van der Waals surface area contributed by atoms with E-state index in [9.17, 15) is 18.0 Å². The Balaban J connectivity index is 1.85. The van der Waals surface area contributed by atoms with Crippen molar-refractivity contribution >= 4 is 21.8 Å². The molecular weight excluding hydrogens is 444 g/mol. The van der Waals surface area contributed by atoms with Gasteiger partial charge in [0.05, 0.1) is 18.0 Å². The smallest absolute Gasteiger partial charge is 0.241 e. The van der Waals surface area contributed by atoms with Gasteiger partial charge in [-0.3, -0.25) is 9.59 Å². The van der Waals surface area contributed by atoms with Crippen molar-refractivity contribution < 1.29 is 22.7 Å². The number of rotatable bonds is 10. The number of carbonyl (C=O) groups excluding carboxylic acids is 2. The molecule has 1 atom stereocenters. The van der Waals surface area contributed by atoms with Crippen LogP contribution in [0.3, 0.4) is 0 Å². The number of piperidine rings is 1. The average Bonchev–Trinajstić information content (AvgIpc) is 2.76. The number of ether oxygens (including phenoxy) is 1. The van der Waals surface area contributed by atoms with Crippen molar-refractivity contribution in [2.45, 2.75) is 44.6 Å². The minimum Gasteiger partial charge on any atom is -0.497 e. The molecule has 9 nitrogen and oxygen atoms in total. The van der Waals surface area contributed by atoms with Gasteiger partial charge < -0.3 is 19.9 Å². The van der Waals surface area contributed by atoms with Crippen molar-refractivity contribution in [2.75, 3.05) is 47.4 Å². The Labute approximate surface area is 197 Å². The van der Waals surface area contributed by atoms with Gasteiger partial charge in [0.15, 0.2) is 0 Å². The predicted molar refractivity (Wildman–Crippen MR) is 127 cm³/mol. The van der Waals surface area contributed by atoms with E-state index in [0.717, 1.165) is 6.54 Å². The minimum atomic E-state index is -3.84. The molecule has 2 N–H and O–H groups in total. The van der Waals surface area contributed by atoms with Crippen LogP contribution in [-0.4, -0.2) is 83.5 Å². The molecule has 1 aromatic carbocycles. The second-order valence-corrected chi connectivity index (χ2v) is 11.5. The third-order valence-electron chi connectivity index (χ3n) is 5.73. The van der Waals surface area contributed by atoms with Crippen LogP contribution in [0.2, 0.25) is 0 Å². The summed E-state index contributed by atoms with van der Waals surface area (Å²) in [4.78, 5) is 29.2. The highest BCUT2D eigenvalue weighted by Gasteiger charge is 2.31. The maximum absolute atomic E-state index is 12.8. The van der Waals surface area contributed by atoms with E-state index in [4.69, 9.17) is 4.74 Å². The molecule has 0 aliphatic carbocycles. The van der Waals surface area contributed by atoms with E-state index >= 15 is 0 Å². The number of hydrogen-bond donors (Lipinski definition) is 2. The van der Waals surface area contributed by atoms with E-state index in [-0.39, 0.29) is 28.0 Å². The van der Waals surface area contributed by atoms with Gasteiger partial charge in [-0.25, -0.2) is 8.42 Å². The van der Waals surface area contributed by atoms with Crippen molar-refractivity contribution in [3.05, 3.63) is 24.3 Å². The fourth-order valence-electron chi connectivity index (χ4n) is 4.12. The Morgan fingerprint density at radius 1 is 1.18 bits per heavy atom. The summed E-state index contributed by atoms with van der Waals surface area (Å²) in [7, 11) is 1.67. The first-order chi connectivity index (χ1) is 15.3. The second kappa shape index (κ2) is 11.3. The van der Waals surface area contributed by atoms with Gasteiger partial charge in [0, 0.05) is 32.1 Å².